The number of benzene rings is 1. The molecular formula is C30H34ClFN6OS. The van der Waals surface area contributed by atoms with Crippen LogP contribution in [0.1, 0.15) is 35.5 Å². The van der Waals surface area contributed by atoms with Crippen LogP contribution in [-0.2, 0) is 0 Å². The first kappa shape index (κ1) is 27.3. The van der Waals surface area contributed by atoms with Crippen LogP contribution in [0.15, 0.2) is 76.0 Å². The summed E-state index contributed by atoms with van der Waals surface area (Å²) in [6.45, 7) is 11.5. The number of rotatable bonds is 9. The van der Waals surface area contributed by atoms with E-state index >= 15 is 0 Å². The van der Waals surface area contributed by atoms with E-state index in [1.807, 2.05) is 42.8 Å². The zero-order valence-corrected chi connectivity index (χ0v) is 24.3. The Labute approximate surface area is 243 Å². The lowest BCUT2D eigenvalue weighted by Crippen LogP contribution is -2.53. The second-order valence-electron chi connectivity index (χ2n) is 10.9. The number of alkyl halides is 1. The summed E-state index contributed by atoms with van der Waals surface area (Å²) in [5, 5.41) is 13.2. The monoisotopic (exact) mass is 580 g/mol. The average Bonchev–Trinajstić information content (AvgIpc) is 3.68. The SMILES string of the molecule is C=CN(CCN1CC(O)C1)[C@H]1CC2=C(C3=NC(C(C)F)C=C3)[C@H](c3ccc(C)cc3Cl)N=C(c3nccs3)N2C1. The Morgan fingerprint density at radius 3 is 2.77 bits per heavy atom. The van der Waals surface area contributed by atoms with Crippen LogP contribution in [0.4, 0.5) is 4.39 Å². The first-order chi connectivity index (χ1) is 19.3. The van der Waals surface area contributed by atoms with E-state index in [-0.39, 0.29) is 12.1 Å². The number of hydrogen-bond acceptors (Lipinski definition) is 8. The lowest BCUT2D eigenvalue weighted by atomic mass is 9.90. The molecule has 5 heterocycles. The van der Waals surface area contributed by atoms with Crippen LogP contribution in [0.3, 0.4) is 0 Å². The highest BCUT2D eigenvalue weighted by molar-refractivity contribution is 7.11. The quantitative estimate of drug-likeness (QED) is 0.462. The molecule has 2 unspecified atom stereocenters. The number of aliphatic hydroxyl groups excluding tert-OH is 1. The van der Waals surface area contributed by atoms with Gasteiger partial charge in [0.15, 0.2) is 10.8 Å². The molecule has 4 aliphatic rings. The van der Waals surface area contributed by atoms with Crippen molar-refractivity contribution in [1.29, 1.82) is 0 Å². The number of allylic oxidation sites excluding steroid dienone is 1. The van der Waals surface area contributed by atoms with Crippen LogP contribution in [0.25, 0.3) is 0 Å². The van der Waals surface area contributed by atoms with Crippen molar-refractivity contribution >= 4 is 34.5 Å². The minimum Gasteiger partial charge on any atom is -0.390 e. The molecule has 0 amide bonds. The fraction of sp³-hybridized carbons (Fsp3) is 0.433. The molecule has 4 aliphatic heterocycles. The summed E-state index contributed by atoms with van der Waals surface area (Å²) in [4.78, 5) is 21.6. The maximum Gasteiger partial charge on any atom is 0.165 e. The molecule has 0 bridgehead atoms. The lowest BCUT2D eigenvalue weighted by molar-refractivity contribution is -0.00175. The number of aliphatic imine (C=N–C) groups is 2. The third-order valence-electron chi connectivity index (χ3n) is 8.12. The molecule has 4 atom stereocenters. The summed E-state index contributed by atoms with van der Waals surface area (Å²) < 4.78 is 14.3. The molecule has 7 nitrogen and oxygen atoms in total. The number of aromatic nitrogens is 1. The van der Waals surface area contributed by atoms with Crippen molar-refractivity contribution in [3.05, 3.63) is 87.1 Å². The second-order valence-corrected chi connectivity index (χ2v) is 12.2. The predicted molar refractivity (Wildman–Crippen MR) is 160 cm³/mol. The molecule has 2 fully saturated rings. The Morgan fingerprint density at radius 1 is 1.30 bits per heavy atom. The zero-order valence-electron chi connectivity index (χ0n) is 22.7. The van der Waals surface area contributed by atoms with Crippen molar-refractivity contribution in [2.75, 3.05) is 32.7 Å². The summed E-state index contributed by atoms with van der Waals surface area (Å²) in [6.07, 6.45) is 6.96. The normalized spacial score (nSPS) is 25.5. The summed E-state index contributed by atoms with van der Waals surface area (Å²) in [5.74, 6) is 0.825. The maximum atomic E-state index is 14.3. The van der Waals surface area contributed by atoms with E-state index in [0.717, 1.165) is 78.1 Å². The number of likely N-dealkylation sites (tertiary alicyclic amines) is 1. The Morgan fingerprint density at radius 2 is 2.12 bits per heavy atom. The van der Waals surface area contributed by atoms with Gasteiger partial charge >= 0.3 is 0 Å². The maximum absolute atomic E-state index is 14.3. The van der Waals surface area contributed by atoms with Gasteiger partial charge in [0.1, 0.15) is 12.2 Å². The second kappa shape index (κ2) is 11.2. The lowest BCUT2D eigenvalue weighted by Gasteiger charge is -2.38. The molecule has 2 aromatic rings. The highest BCUT2D eigenvalue weighted by atomic mass is 35.5. The number of aryl methyl sites for hydroxylation is 1. The number of hydrogen-bond donors (Lipinski definition) is 1. The van der Waals surface area contributed by atoms with Gasteiger partial charge in [0, 0.05) is 67.0 Å². The minimum absolute atomic E-state index is 0.160. The van der Waals surface area contributed by atoms with Crippen molar-refractivity contribution in [3.63, 3.8) is 0 Å². The number of fused-ring (bicyclic) bond motifs is 1. The standard InChI is InChI=1S/C30H34ClFN6OS/c1-4-37(11-10-36-16-21(39)17-36)20-14-26-27(25-8-7-24(34-25)19(3)32)28(22-6-5-18(2)13-23(22)31)35-29(38(26)15-20)30-33-9-12-40-30/h4-9,12-13,19-21,24,28,39H,1,10-11,14-17H2,2-3H3/t19?,20-,24?,28-/m0/s1. The van der Waals surface area contributed by atoms with E-state index in [1.54, 1.807) is 24.5 Å². The zero-order chi connectivity index (χ0) is 28.0. The van der Waals surface area contributed by atoms with Gasteiger partial charge in [0.2, 0.25) is 0 Å². The van der Waals surface area contributed by atoms with Gasteiger partial charge in [0.05, 0.1) is 23.9 Å². The van der Waals surface area contributed by atoms with Crippen molar-refractivity contribution in [2.24, 2.45) is 9.98 Å². The average molecular weight is 581 g/mol. The van der Waals surface area contributed by atoms with E-state index in [2.05, 4.69) is 32.3 Å². The largest absolute Gasteiger partial charge is 0.390 e. The van der Waals surface area contributed by atoms with E-state index in [0.29, 0.717) is 5.02 Å². The van der Waals surface area contributed by atoms with Gasteiger partial charge in [-0.15, -0.1) is 11.3 Å². The van der Waals surface area contributed by atoms with Crippen LogP contribution >= 0.6 is 22.9 Å². The summed E-state index contributed by atoms with van der Waals surface area (Å²) in [6, 6.07) is 5.31. The van der Waals surface area contributed by atoms with Gasteiger partial charge in [-0.2, -0.15) is 0 Å². The minimum atomic E-state index is -1.08. The van der Waals surface area contributed by atoms with Crippen LogP contribution < -0.4 is 0 Å². The van der Waals surface area contributed by atoms with Crippen LogP contribution in [0.5, 0.6) is 0 Å². The van der Waals surface area contributed by atoms with Gasteiger partial charge in [0.25, 0.3) is 0 Å². The molecule has 1 N–H and O–H groups in total. The molecule has 2 saturated heterocycles. The number of aliphatic hydroxyl groups is 1. The Hall–Kier alpha value is -2.85. The molecule has 1 aromatic carbocycles. The molecule has 1 aromatic heterocycles. The van der Waals surface area contributed by atoms with Gasteiger partial charge in [-0.3, -0.25) is 14.9 Å². The van der Waals surface area contributed by atoms with Crippen LogP contribution in [0.2, 0.25) is 5.02 Å². The molecule has 0 saturated carbocycles. The van der Waals surface area contributed by atoms with E-state index in [1.165, 1.54) is 0 Å². The number of amidine groups is 1. The predicted octanol–water partition coefficient (Wildman–Crippen LogP) is 4.79. The topological polar surface area (TPSA) is 67.6 Å². The van der Waals surface area contributed by atoms with Crippen molar-refractivity contribution in [1.82, 2.24) is 19.7 Å². The third kappa shape index (κ3) is 5.16. The third-order valence-corrected chi connectivity index (χ3v) is 9.21. The molecule has 0 spiro atoms. The highest BCUT2D eigenvalue weighted by Gasteiger charge is 2.42. The molecule has 0 radical (unpaired) electrons. The van der Waals surface area contributed by atoms with Crippen molar-refractivity contribution < 1.29 is 9.50 Å². The van der Waals surface area contributed by atoms with Crippen LogP contribution in [-0.4, -0.2) is 93.4 Å². The van der Waals surface area contributed by atoms with Crippen LogP contribution in [0, 0.1) is 6.92 Å². The fourth-order valence-corrected chi connectivity index (χ4v) is 6.93. The smallest absolute Gasteiger partial charge is 0.165 e. The summed E-state index contributed by atoms with van der Waals surface area (Å²) >= 11 is 8.41. The highest BCUT2D eigenvalue weighted by Crippen LogP contribution is 2.44. The van der Waals surface area contributed by atoms with E-state index < -0.39 is 18.3 Å². The Balaban J connectivity index is 1.43. The summed E-state index contributed by atoms with van der Waals surface area (Å²) in [5.41, 5.74) is 4.83. The van der Waals surface area contributed by atoms with Gasteiger partial charge < -0.3 is 14.9 Å². The number of halogens is 2. The van der Waals surface area contributed by atoms with E-state index in [4.69, 9.17) is 21.6 Å². The molecule has 210 valence electrons. The Kier molecular flexibility index (Phi) is 7.65. The summed E-state index contributed by atoms with van der Waals surface area (Å²) in [7, 11) is 0. The molecule has 40 heavy (non-hydrogen) atoms. The fourth-order valence-electron chi connectivity index (χ4n) is 5.95. The molecule has 10 heteroatoms. The first-order valence-electron chi connectivity index (χ1n) is 13.8. The number of β-amino-alcohol motifs (C(OH)–C–C–N with tert-alkyl or cyclic N) is 1. The number of nitrogens with zero attached hydrogens (tertiary/aromatic N) is 6. The first-order valence-corrected chi connectivity index (χ1v) is 15.0. The molecular weight excluding hydrogens is 547 g/mol. The van der Waals surface area contributed by atoms with Crippen molar-refractivity contribution in [2.45, 2.75) is 50.7 Å². The van der Waals surface area contributed by atoms with Gasteiger partial charge in [-0.05, 0) is 43.3 Å². The van der Waals surface area contributed by atoms with Crippen molar-refractivity contribution in [3.8, 4) is 0 Å². The van der Waals surface area contributed by atoms with Gasteiger partial charge in [-0.1, -0.05) is 36.4 Å². The van der Waals surface area contributed by atoms with Gasteiger partial charge in [-0.25, -0.2) is 9.37 Å². The molecule has 6 rings (SSSR count). The number of thiazole rings is 1. The molecule has 0 aliphatic carbocycles. The Bertz CT molecular complexity index is 1400. The van der Waals surface area contributed by atoms with E-state index in [9.17, 15) is 9.50 Å².